The first-order valence-corrected chi connectivity index (χ1v) is 15.1. The van der Waals surface area contributed by atoms with Crippen LogP contribution in [0.2, 0.25) is 0 Å². The lowest BCUT2D eigenvalue weighted by atomic mass is 10.0. The van der Waals surface area contributed by atoms with Crippen LogP contribution in [0.25, 0.3) is 0 Å². The lowest BCUT2D eigenvalue weighted by Crippen LogP contribution is -1.92. The number of aliphatic hydroxyl groups excluding tert-OH is 2. The van der Waals surface area contributed by atoms with E-state index < -0.39 is 0 Å². The van der Waals surface area contributed by atoms with Gasteiger partial charge in [-0.3, -0.25) is 4.79 Å². The molecule has 0 atom stereocenters. The van der Waals surface area contributed by atoms with Gasteiger partial charge in [0.2, 0.25) is 0 Å². The molecule has 35 heavy (non-hydrogen) atoms. The third kappa shape index (κ3) is 18.8. The maximum Gasteiger partial charge on any atom is 0.185 e. The molecular weight excluding hydrogens is 436 g/mol. The lowest BCUT2D eigenvalue weighted by molar-refractivity contribution is 0.109. The van der Waals surface area contributed by atoms with Gasteiger partial charge in [-0.05, 0) is 43.7 Å². The van der Waals surface area contributed by atoms with Crippen LogP contribution < -0.4 is 0 Å². The minimum Gasteiger partial charge on any atom is -0.458 e. The van der Waals surface area contributed by atoms with Crippen molar-refractivity contribution < 1.29 is 19.4 Å². The molecule has 0 radical (unpaired) electrons. The zero-order valence-electron chi connectivity index (χ0n) is 22.8. The largest absolute Gasteiger partial charge is 0.458 e. The van der Waals surface area contributed by atoms with Crippen LogP contribution in [0.15, 0.2) is 10.5 Å². The molecular formula is C31H56O4. The number of rotatable bonds is 27. The maximum atomic E-state index is 11.2. The third-order valence-electron chi connectivity index (χ3n) is 7.20. The molecule has 1 rings (SSSR count). The summed E-state index contributed by atoms with van der Waals surface area (Å²) in [4.78, 5) is 11.2. The van der Waals surface area contributed by atoms with E-state index in [-0.39, 0.29) is 0 Å². The summed E-state index contributed by atoms with van der Waals surface area (Å²) in [5.74, 6) is 1.55. The molecule has 0 aliphatic heterocycles. The number of aryl methyl sites for hydroxylation is 2. The monoisotopic (exact) mass is 492 g/mol. The van der Waals surface area contributed by atoms with Crippen molar-refractivity contribution >= 4 is 6.29 Å². The van der Waals surface area contributed by atoms with Crippen LogP contribution in [0.1, 0.15) is 163 Å². The number of aldehydes is 1. The van der Waals surface area contributed by atoms with Crippen molar-refractivity contribution in [2.24, 2.45) is 0 Å². The van der Waals surface area contributed by atoms with Crippen LogP contribution in [-0.4, -0.2) is 29.7 Å². The highest BCUT2D eigenvalue weighted by Gasteiger charge is 2.10. The van der Waals surface area contributed by atoms with Crippen molar-refractivity contribution in [3.63, 3.8) is 0 Å². The highest BCUT2D eigenvalue weighted by Crippen LogP contribution is 2.21. The minimum absolute atomic E-state index is 0.338. The van der Waals surface area contributed by atoms with Crippen molar-refractivity contribution in [2.45, 2.75) is 154 Å². The Hall–Kier alpha value is -1.13. The average molecular weight is 493 g/mol. The van der Waals surface area contributed by atoms with Crippen LogP contribution in [0.5, 0.6) is 0 Å². The Morgan fingerprint density at radius 1 is 0.514 bits per heavy atom. The second-order valence-corrected chi connectivity index (χ2v) is 10.4. The molecule has 0 saturated carbocycles. The molecule has 2 N–H and O–H groups in total. The molecule has 4 nitrogen and oxygen atoms in total. The van der Waals surface area contributed by atoms with Gasteiger partial charge in [-0.2, -0.15) is 0 Å². The summed E-state index contributed by atoms with van der Waals surface area (Å²) in [6.45, 7) is 0.677. The second-order valence-electron chi connectivity index (χ2n) is 10.4. The molecule has 1 heterocycles. The van der Waals surface area contributed by atoms with Crippen molar-refractivity contribution in [3.05, 3.63) is 23.2 Å². The number of carbonyl (C=O) groups excluding carboxylic acids is 1. The Morgan fingerprint density at radius 2 is 0.857 bits per heavy atom. The molecule has 4 heteroatoms. The first kappa shape index (κ1) is 31.9. The molecule has 0 unspecified atom stereocenters. The molecule has 0 amide bonds. The molecule has 0 saturated heterocycles. The van der Waals surface area contributed by atoms with E-state index in [2.05, 4.69) is 0 Å². The molecule has 204 valence electrons. The zero-order chi connectivity index (χ0) is 25.2. The van der Waals surface area contributed by atoms with E-state index >= 15 is 0 Å². The first-order valence-electron chi connectivity index (χ1n) is 15.1. The average Bonchev–Trinajstić information content (AvgIpc) is 3.27. The van der Waals surface area contributed by atoms with Crippen molar-refractivity contribution in [2.75, 3.05) is 13.2 Å². The molecule has 1 aromatic rings. The number of hydrogen-bond donors (Lipinski definition) is 2. The molecule has 0 aliphatic carbocycles. The van der Waals surface area contributed by atoms with E-state index in [0.29, 0.717) is 19.0 Å². The Balaban J connectivity index is 2.03. The first-order chi connectivity index (χ1) is 17.3. The van der Waals surface area contributed by atoms with Crippen LogP contribution >= 0.6 is 0 Å². The Morgan fingerprint density at radius 3 is 1.23 bits per heavy atom. The van der Waals surface area contributed by atoms with E-state index in [1.807, 2.05) is 6.07 Å². The van der Waals surface area contributed by atoms with Crippen LogP contribution in [-0.2, 0) is 12.8 Å². The Bertz CT molecular complexity index is 535. The number of furan rings is 1. The highest BCUT2D eigenvalue weighted by atomic mass is 16.3. The summed E-state index contributed by atoms with van der Waals surface area (Å²) in [5.41, 5.74) is 1.26. The van der Waals surface area contributed by atoms with Gasteiger partial charge in [0.1, 0.15) is 5.76 Å². The summed E-state index contributed by atoms with van der Waals surface area (Å²) in [7, 11) is 0. The molecule has 0 aromatic carbocycles. The van der Waals surface area contributed by atoms with Gasteiger partial charge in [-0.1, -0.05) is 116 Å². The lowest BCUT2D eigenvalue weighted by Gasteiger charge is -2.05. The Kier molecular flexibility index (Phi) is 22.4. The number of aliphatic hydroxyl groups is 2. The van der Waals surface area contributed by atoms with Gasteiger partial charge in [0, 0.05) is 19.6 Å². The summed E-state index contributed by atoms with van der Waals surface area (Å²) in [6.07, 6.45) is 30.4. The zero-order valence-corrected chi connectivity index (χ0v) is 22.8. The Labute approximate surface area is 216 Å². The van der Waals surface area contributed by atoms with Crippen molar-refractivity contribution in [3.8, 4) is 0 Å². The van der Waals surface area contributed by atoms with Gasteiger partial charge in [0.15, 0.2) is 12.0 Å². The summed E-state index contributed by atoms with van der Waals surface area (Å²) >= 11 is 0. The quantitative estimate of drug-likeness (QED) is 0.0951. The fourth-order valence-corrected chi connectivity index (χ4v) is 4.98. The smallest absolute Gasteiger partial charge is 0.185 e. The minimum atomic E-state index is 0.338. The summed E-state index contributed by atoms with van der Waals surface area (Å²) < 4.78 is 5.82. The van der Waals surface area contributed by atoms with Crippen LogP contribution in [0.3, 0.4) is 0 Å². The fourth-order valence-electron chi connectivity index (χ4n) is 4.98. The van der Waals surface area contributed by atoms with Crippen molar-refractivity contribution in [1.82, 2.24) is 0 Å². The van der Waals surface area contributed by atoms with Gasteiger partial charge in [-0.25, -0.2) is 0 Å². The van der Waals surface area contributed by atoms with E-state index in [1.165, 1.54) is 128 Å². The predicted octanol–water partition coefficient (Wildman–Crippen LogP) is 8.74. The highest BCUT2D eigenvalue weighted by molar-refractivity contribution is 5.71. The second kappa shape index (κ2) is 24.6. The van der Waals surface area contributed by atoms with Gasteiger partial charge in [0.05, 0.1) is 0 Å². The fraction of sp³-hybridized carbons (Fsp3) is 0.839. The standard InChI is InChI=1S/C31H56O4/c32-25-21-17-13-9-5-1-3-7-11-15-19-23-29-27-30(28-34)35-31(29)24-20-16-12-8-4-2-6-10-14-18-22-26-33/h27-28,32-33H,1-26H2. The van der Waals surface area contributed by atoms with Crippen LogP contribution in [0, 0.1) is 0 Å². The number of unbranched alkanes of at least 4 members (excludes halogenated alkanes) is 20. The number of carbonyl (C=O) groups is 1. The summed E-state index contributed by atoms with van der Waals surface area (Å²) in [5, 5.41) is 17.6. The topological polar surface area (TPSA) is 70.7 Å². The molecule has 0 spiro atoms. The van der Waals surface area contributed by atoms with E-state index in [1.54, 1.807) is 0 Å². The molecule has 1 aromatic heterocycles. The third-order valence-corrected chi connectivity index (χ3v) is 7.20. The van der Waals surface area contributed by atoms with E-state index in [9.17, 15) is 4.79 Å². The molecule has 0 bridgehead atoms. The van der Waals surface area contributed by atoms with Gasteiger partial charge < -0.3 is 14.6 Å². The predicted molar refractivity (Wildman–Crippen MR) is 147 cm³/mol. The molecule has 0 fully saturated rings. The van der Waals surface area contributed by atoms with Gasteiger partial charge in [0.25, 0.3) is 0 Å². The molecule has 0 aliphatic rings. The van der Waals surface area contributed by atoms with Crippen molar-refractivity contribution in [1.29, 1.82) is 0 Å². The summed E-state index contributed by atoms with van der Waals surface area (Å²) in [6, 6.07) is 1.97. The SMILES string of the molecule is O=Cc1cc(CCCCCCCCCCCCCO)c(CCCCCCCCCCCCCO)o1. The van der Waals surface area contributed by atoms with Crippen LogP contribution in [0.4, 0.5) is 0 Å². The van der Waals surface area contributed by atoms with E-state index in [4.69, 9.17) is 14.6 Å². The normalized spacial score (nSPS) is 11.4. The number of hydrogen-bond acceptors (Lipinski definition) is 4. The van der Waals surface area contributed by atoms with Gasteiger partial charge >= 0.3 is 0 Å². The maximum absolute atomic E-state index is 11.2. The van der Waals surface area contributed by atoms with Gasteiger partial charge in [-0.15, -0.1) is 0 Å². The van der Waals surface area contributed by atoms with E-state index in [0.717, 1.165) is 44.2 Å².